The van der Waals surface area contributed by atoms with E-state index >= 15 is 0 Å². The van der Waals surface area contributed by atoms with Crippen molar-refractivity contribution in [2.75, 3.05) is 0 Å². The van der Waals surface area contributed by atoms with Gasteiger partial charge in [-0.2, -0.15) is 0 Å². The Morgan fingerprint density at radius 2 is 1.91 bits per heavy atom. The summed E-state index contributed by atoms with van der Waals surface area (Å²) in [5.41, 5.74) is 1.85. The third kappa shape index (κ3) is 1.79. The van der Waals surface area contributed by atoms with Gasteiger partial charge in [0.05, 0.1) is 6.10 Å². The van der Waals surface area contributed by atoms with E-state index in [1.165, 1.54) is 31.3 Å². The van der Waals surface area contributed by atoms with Crippen molar-refractivity contribution in [1.29, 1.82) is 0 Å². The maximum Gasteiger partial charge on any atom is 0.155 e. The molecule has 3 saturated carbocycles. The Kier molecular flexibility index (Phi) is 3.18. The fourth-order valence-electron chi connectivity index (χ4n) is 6.96. The van der Waals surface area contributed by atoms with Crippen LogP contribution in [0, 0.1) is 34.5 Å². The smallest absolute Gasteiger partial charge is 0.155 e. The monoisotopic (exact) mass is 302 g/mol. The first kappa shape index (κ1) is 14.9. The number of rotatable bonds is 0. The van der Waals surface area contributed by atoms with Crippen LogP contribution < -0.4 is 0 Å². The molecule has 0 radical (unpaired) electrons. The van der Waals surface area contributed by atoms with Gasteiger partial charge in [0.15, 0.2) is 5.78 Å². The number of hydrogen-bond acceptors (Lipinski definition) is 2. The summed E-state index contributed by atoms with van der Waals surface area (Å²) in [6.07, 6.45) is 9.54. The molecule has 0 aromatic heterocycles. The van der Waals surface area contributed by atoms with Crippen molar-refractivity contribution in [3.63, 3.8) is 0 Å². The molecule has 22 heavy (non-hydrogen) atoms. The van der Waals surface area contributed by atoms with Crippen LogP contribution >= 0.6 is 0 Å². The van der Waals surface area contributed by atoms with E-state index in [2.05, 4.69) is 20.8 Å². The molecule has 0 bridgehead atoms. The highest BCUT2D eigenvalue weighted by molar-refractivity contribution is 5.91. The lowest BCUT2D eigenvalue weighted by atomic mass is 9.45. The number of aliphatic hydroxyl groups is 1. The fourth-order valence-corrected chi connectivity index (χ4v) is 6.96. The maximum absolute atomic E-state index is 11.9. The van der Waals surface area contributed by atoms with E-state index in [9.17, 15) is 9.90 Å². The Labute approximate surface area is 134 Å². The summed E-state index contributed by atoms with van der Waals surface area (Å²) in [6, 6.07) is 0. The Morgan fingerprint density at radius 1 is 1.14 bits per heavy atom. The van der Waals surface area contributed by atoms with Crippen LogP contribution in [0.5, 0.6) is 0 Å². The summed E-state index contributed by atoms with van der Waals surface area (Å²) in [5.74, 6) is 3.05. The van der Waals surface area contributed by atoms with Crippen molar-refractivity contribution < 1.29 is 9.90 Å². The predicted molar refractivity (Wildman–Crippen MR) is 87.3 cm³/mol. The van der Waals surface area contributed by atoms with Crippen LogP contribution in [0.15, 0.2) is 11.6 Å². The second-order valence-corrected chi connectivity index (χ2v) is 9.13. The molecule has 0 aliphatic heterocycles. The highest BCUT2D eigenvalue weighted by atomic mass is 16.3. The molecule has 0 amide bonds. The number of allylic oxidation sites excluding steroid dienone is 1. The van der Waals surface area contributed by atoms with Crippen molar-refractivity contribution in [3.05, 3.63) is 11.6 Å². The molecule has 4 rings (SSSR count). The molecule has 7 atom stereocenters. The standard InChI is InChI=1S/C20H30O2/c1-12-10-14-15-4-5-18(22)20(15,3)9-7-16(14)19(2)8-6-13(21)11-17(12)19/h11-12,14-16,18,22H,4-10H2,1-3H3/t12-,14+,15+,16+,18-,19-,20+/m1/s1. The van der Waals surface area contributed by atoms with Crippen molar-refractivity contribution in [2.24, 2.45) is 34.5 Å². The molecule has 1 N–H and O–H groups in total. The van der Waals surface area contributed by atoms with Gasteiger partial charge in [-0.25, -0.2) is 0 Å². The van der Waals surface area contributed by atoms with Crippen molar-refractivity contribution in [1.82, 2.24) is 0 Å². The summed E-state index contributed by atoms with van der Waals surface area (Å²) in [6.45, 7) is 7.11. The summed E-state index contributed by atoms with van der Waals surface area (Å²) >= 11 is 0. The Hall–Kier alpha value is -0.630. The van der Waals surface area contributed by atoms with Gasteiger partial charge in [-0.15, -0.1) is 0 Å². The minimum absolute atomic E-state index is 0.0913. The molecular formula is C20H30O2. The average Bonchev–Trinajstić information content (AvgIpc) is 2.77. The van der Waals surface area contributed by atoms with Gasteiger partial charge >= 0.3 is 0 Å². The van der Waals surface area contributed by atoms with Gasteiger partial charge in [-0.3, -0.25) is 4.79 Å². The van der Waals surface area contributed by atoms with Gasteiger partial charge in [0, 0.05) is 6.42 Å². The molecule has 4 aliphatic carbocycles. The van der Waals surface area contributed by atoms with Crippen molar-refractivity contribution in [2.45, 2.75) is 71.8 Å². The highest BCUT2D eigenvalue weighted by Gasteiger charge is 2.59. The Balaban J connectivity index is 1.73. The molecule has 2 nitrogen and oxygen atoms in total. The predicted octanol–water partition coefficient (Wildman–Crippen LogP) is 4.13. The first-order valence-electron chi connectivity index (χ1n) is 9.29. The topological polar surface area (TPSA) is 37.3 Å². The maximum atomic E-state index is 11.9. The summed E-state index contributed by atoms with van der Waals surface area (Å²) in [4.78, 5) is 11.9. The van der Waals surface area contributed by atoms with Crippen LogP contribution in [0.4, 0.5) is 0 Å². The van der Waals surface area contributed by atoms with Crippen LogP contribution in [0.1, 0.15) is 65.7 Å². The van der Waals surface area contributed by atoms with E-state index in [1.807, 2.05) is 6.08 Å². The zero-order chi connectivity index (χ0) is 15.7. The second kappa shape index (κ2) is 4.69. The van der Waals surface area contributed by atoms with Crippen LogP contribution in [0.25, 0.3) is 0 Å². The molecule has 0 spiro atoms. The Morgan fingerprint density at radius 3 is 2.68 bits per heavy atom. The summed E-state index contributed by atoms with van der Waals surface area (Å²) in [7, 11) is 0. The van der Waals surface area contributed by atoms with E-state index in [0.717, 1.165) is 31.1 Å². The number of hydrogen-bond donors (Lipinski definition) is 1. The number of carbonyl (C=O) groups is 1. The van der Waals surface area contributed by atoms with Crippen LogP contribution in [-0.4, -0.2) is 17.0 Å². The minimum Gasteiger partial charge on any atom is -0.393 e. The van der Waals surface area contributed by atoms with E-state index in [-0.39, 0.29) is 16.9 Å². The van der Waals surface area contributed by atoms with Gasteiger partial charge in [0.2, 0.25) is 0 Å². The fraction of sp³-hybridized carbons (Fsp3) is 0.850. The molecule has 0 aromatic rings. The first-order chi connectivity index (χ1) is 10.4. The number of carbonyl (C=O) groups excluding carboxylic acids is 1. The number of ketones is 1. The SMILES string of the molecule is C[C@@H]1C[C@H]2[C@@H]3CC[C@@H](O)[C@@]3(C)CC[C@@H]2[C@@]2(C)CCC(=O)C=C12. The number of fused-ring (bicyclic) bond motifs is 5. The summed E-state index contributed by atoms with van der Waals surface area (Å²) < 4.78 is 0. The normalized spacial score (nSPS) is 54.3. The zero-order valence-electron chi connectivity index (χ0n) is 14.3. The molecule has 0 saturated heterocycles. The van der Waals surface area contributed by atoms with Gasteiger partial charge in [-0.05, 0) is 79.1 Å². The molecule has 122 valence electrons. The summed E-state index contributed by atoms with van der Waals surface area (Å²) in [5, 5.41) is 10.5. The largest absolute Gasteiger partial charge is 0.393 e. The third-order valence-corrected chi connectivity index (χ3v) is 8.23. The first-order valence-corrected chi connectivity index (χ1v) is 9.29. The van der Waals surface area contributed by atoms with E-state index in [4.69, 9.17) is 0 Å². The molecule has 0 heterocycles. The van der Waals surface area contributed by atoms with Gasteiger partial charge < -0.3 is 5.11 Å². The molecule has 2 heteroatoms. The molecule has 4 aliphatic rings. The lowest BCUT2D eigenvalue weighted by molar-refractivity contribution is -0.118. The second-order valence-electron chi connectivity index (χ2n) is 9.13. The highest BCUT2D eigenvalue weighted by Crippen LogP contribution is 2.66. The third-order valence-electron chi connectivity index (χ3n) is 8.23. The van der Waals surface area contributed by atoms with E-state index in [0.29, 0.717) is 17.6 Å². The van der Waals surface area contributed by atoms with E-state index in [1.54, 1.807) is 0 Å². The minimum atomic E-state index is -0.0913. The molecule has 0 unspecified atom stereocenters. The quantitative estimate of drug-likeness (QED) is 0.730. The Bertz CT molecular complexity index is 536. The molecule has 3 fully saturated rings. The average molecular weight is 302 g/mol. The number of aliphatic hydroxyl groups excluding tert-OH is 1. The van der Waals surface area contributed by atoms with Crippen LogP contribution in [0.3, 0.4) is 0 Å². The van der Waals surface area contributed by atoms with Gasteiger partial charge in [0.1, 0.15) is 0 Å². The van der Waals surface area contributed by atoms with Crippen molar-refractivity contribution >= 4 is 5.78 Å². The zero-order valence-corrected chi connectivity index (χ0v) is 14.3. The van der Waals surface area contributed by atoms with Gasteiger partial charge in [-0.1, -0.05) is 26.3 Å². The molecular weight excluding hydrogens is 272 g/mol. The van der Waals surface area contributed by atoms with Gasteiger partial charge in [0.25, 0.3) is 0 Å². The van der Waals surface area contributed by atoms with E-state index < -0.39 is 0 Å². The molecule has 0 aromatic carbocycles. The lowest BCUT2D eigenvalue weighted by Crippen LogP contribution is -2.52. The lowest BCUT2D eigenvalue weighted by Gasteiger charge is -2.59. The van der Waals surface area contributed by atoms with Crippen molar-refractivity contribution in [3.8, 4) is 0 Å². The van der Waals surface area contributed by atoms with Crippen LogP contribution in [-0.2, 0) is 4.79 Å². The van der Waals surface area contributed by atoms with Crippen LogP contribution in [0.2, 0.25) is 0 Å².